The number of rotatable bonds is 10. The van der Waals surface area contributed by atoms with E-state index in [4.69, 9.17) is 9.47 Å². The molecule has 0 aromatic heterocycles. The van der Waals surface area contributed by atoms with Crippen molar-refractivity contribution >= 4 is 0 Å². The highest BCUT2D eigenvalue weighted by atomic mass is 16.5. The van der Waals surface area contributed by atoms with Crippen LogP contribution in [0.3, 0.4) is 0 Å². The van der Waals surface area contributed by atoms with Crippen LogP contribution in [-0.4, -0.2) is 33.4 Å². The minimum absolute atomic E-state index is 0.115. The summed E-state index contributed by atoms with van der Waals surface area (Å²) in [7, 11) is 1.74. The lowest BCUT2D eigenvalue weighted by atomic mass is 9.85. The molecular weight excluding hydrogens is 274 g/mol. The Morgan fingerprint density at radius 3 is 2.41 bits per heavy atom. The summed E-state index contributed by atoms with van der Waals surface area (Å²) < 4.78 is 11.1. The predicted octanol–water partition coefficient (Wildman–Crippen LogP) is 4.08. The van der Waals surface area contributed by atoms with Crippen LogP contribution >= 0.6 is 0 Å². The van der Waals surface area contributed by atoms with E-state index < -0.39 is 0 Å². The fourth-order valence-electron chi connectivity index (χ4n) is 2.43. The molecule has 1 rings (SSSR count). The number of para-hydroxylation sites is 1. The zero-order chi connectivity index (χ0) is 16.4. The maximum absolute atomic E-state index is 6.09. The molecule has 0 aliphatic carbocycles. The summed E-state index contributed by atoms with van der Waals surface area (Å²) in [5.41, 5.74) is 2.64. The van der Waals surface area contributed by atoms with Gasteiger partial charge in [0.2, 0.25) is 0 Å². The molecule has 0 spiro atoms. The fraction of sp³-hybridized carbons (Fsp3) is 0.684. The summed E-state index contributed by atoms with van der Waals surface area (Å²) in [5, 5.41) is 3.43. The molecule has 126 valence electrons. The van der Waals surface area contributed by atoms with Gasteiger partial charge in [-0.25, -0.2) is 0 Å². The van der Waals surface area contributed by atoms with E-state index in [1.54, 1.807) is 7.11 Å². The van der Waals surface area contributed by atoms with Gasteiger partial charge in [-0.05, 0) is 55.8 Å². The maximum Gasteiger partial charge on any atom is 0.125 e. The Morgan fingerprint density at radius 1 is 1.00 bits per heavy atom. The number of ether oxygens (including phenoxy) is 2. The number of unbranched alkanes of at least 4 members (excludes halogenated alkanes) is 1. The normalized spacial score (nSPS) is 11.7. The zero-order valence-corrected chi connectivity index (χ0v) is 15.0. The molecule has 0 radical (unpaired) electrons. The average Bonchev–Trinajstić information content (AvgIpc) is 2.45. The van der Waals surface area contributed by atoms with Crippen molar-refractivity contribution in [2.45, 2.75) is 52.4 Å². The van der Waals surface area contributed by atoms with Crippen LogP contribution < -0.4 is 10.1 Å². The van der Waals surface area contributed by atoms with Crippen molar-refractivity contribution in [2.24, 2.45) is 0 Å². The van der Waals surface area contributed by atoms with Crippen LogP contribution in [0.5, 0.6) is 5.75 Å². The topological polar surface area (TPSA) is 30.5 Å². The van der Waals surface area contributed by atoms with Crippen LogP contribution in [0, 0.1) is 6.92 Å². The molecule has 0 heterocycles. The van der Waals surface area contributed by atoms with Crippen molar-refractivity contribution in [3.05, 3.63) is 29.3 Å². The minimum atomic E-state index is 0.115. The van der Waals surface area contributed by atoms with E-state index in [1.165, 1.54) is 11.1 Å². The Hall–Kier alpha value is -1.06. The highest BCUT2D eigenvalue weighted by Crippen LogP contribution is 2.33. The van der Waals surface area contributed by atoms with Crippen molar-refractivity contribution in [1.82, 2.24) is 5.32 Å². The first-order valence-electron chi connectivity index (χ1n) is 8.39. The van der Waals surface area contributed by atoms with Gasteiger partial charge in [-0.3, -0.25) is 0 Å². The molecule has 0 unspecified atom stereocenters. The molecule has 22 heavy (non-hydrogen) atoms. The zero-order valence-electron chi connectivity index (χ0n) is 15.0. The van der Waals surface area contributed by atoms with Crippen molar-refractivity contribution in [2.75, 3.05) is 33.4 Å². The van der Waals surface area contributed by atoms with Crippen LogP contribution in [0.25, 0.3) is 0 Å². The smallest absolute Gasteiger partial charge is 0.125 e. The lowest BCUT2D eigenvalue weighted by Gasteiger charge is -2.24. The van der Waals surface area contributed by atoms with Crippen molar-refractivity contribution in [1.29, 1.82) is 0 Å². The largest absolute Gasteiger partial charge is 0.493 e. The molecule has 0 fully saturated rings. The second-order valence-corrected chi connectivity index (χ2v) is 6.85. The van der Waals surface area contributed by atoms with Gasteiger partial charge in [0.1, 0.15) is 5.75 Å². The van der Waals surface area contributed by atoms with Crippen LogP contribution in [-0.2, 0) is 10.2 Å². The summed E-state index contributed by atoms with van der Waals surface area (Å²) in [4.78, 5) is 0. The predicted molar refractivity (Wildman–Crippen MR) is 94.0 cm³/mol. The highest BCUT2D eigenvalue weighted by Gasteiger charge is 2.19. The standard InChI is InChI=1S/C19H33NO2/c1-16-10-8-11-17(19(2,3)4)18(16)22-15-7-6-12-20-13-9-14-21-5/h8,10-11,20H,6-7,9,12-15H2,1-5H3. The maximum atomic E-state index is 6.09. The van der Waals surface area contributed by atoms with Crippen LogP contribution in [0.4, 0.5) is 0 Å². The molecule has 0 saturated heterocycles. The van der Waals surface area contributed by atoms with E-state index in [-0.39, 0.29) is 5.41 Å². The Morgan fingerprint density at radius 2 is 1.73 bits per heavy atom. The first-order chi connectivity index (χ1) is 10.5. The Balaban J connectivity index is 2.31. The molecule has 0 amide bonds. The molecule has 0 atom stereocenters. The Labute approximate surface area is 136 Å². The van der Waals surface area contributed by atoms with Gasteiger partial charge in [-0.15, -0.1) is 0 Å². The van der Waals surface area contributed by atoms with Gasteiger partial charge >= 0.3 is 0 Å². The SMILES string of the molecule is COCCCNCCCCOc1c(C)cccc1C(C)(C)C. The fourth-order valence-corrected chi connectivity index (χ4v) is 2.43. The number of hydrogen-bond donors (Lipinski definition) is 1. The van der Waals surface area contributed by atoms with Gasteiger partial charge in [0.15, 0.2) is 0 Å². The van der Waals surface area contributed by atoms with Crippen LogP contribution in [0.1, 0.15) is 51.2 Å². The summed E-state index contributed by atoms with van der Waals surface area (Å²) in [6.45, 7) is 12.5. The third-order valence-corrected chi connectivity index (χ3v) is 3.72. The van der Waals surface area contributed by atoms with Gasteiger partial charge in [-0.1, -0.05) is 39.0 Å². The summed E-state index contributed by atoms with van der Waals surface area (Å²) in [5.74, 6) is 1.07. The molecule has 0 aliphatic heterocycles. The number of nitrogens with one attached hydrogen (secondary N) is 1. The minimum Gasteiger partial charge on any atom is -0.493 e. The Kier molecular flexibility index (Phi) is 8.51. The second kappa shape index (κ2) is 9.86. The monoisotopic (exact) mass is 307 g/mol. The van der Waals surface area contributed by atoms with Crippen molar-refractivity contribution in [3.8, 4) is 5.75 Å². The summed E-state index contributed by atoms with van der Waals surface area (Å²) >= 11 is 0. The molecular formula is C19H33NO2. The van der Waals surface area contributed by atoms with Gasteiger partial charge in [0.25, 0.3) is 0 Å². The van der Waals surface area contributed by atoms with E-state index in [9.17, 15) is 0 Å². The first-order valence-corrected chi connectivity index (χ1v) is 8.39. The molecule has 0 saturated carbocycles. The quantitative estimate of drug-likeness (QED) is 0.661. The lowest BCUT2D eigenvalue weighted by Crippen LogP contribution is -2.19. The summed E-state index contributed by atoms with van der Waals surface area (Å²) in [6.07, 6.45) is 3.30. The molecule has 3 heteroatoms. The van der Waals surface area contributed by atoms with Gasteiger partial charge < -0.3 is 14.8 Å². The molecule has 1 aromatic carbocycles. The number of aryl methyl sites for hydroxylation is 1. The van der Waals surface area contributed by atoms with E-state index in [2.05, 4.69) is 51.2 Å². The summed E-state index contributed by atoms with van der Waals surface area (Å²) in [6, 6.07) is 6.42. The van der Waals surface area contributed by atoms with E-state index >= 15 is 0 Å². The Bertz CT molecular complexity index is 424. The average molecular weight is 307 g/mol. The molecule has 0 aliphatic rings. The molecule has 0 bridgehead atoms. The second-order valence-electron chi connectivity index (χ2n) is 6.85. The third kappa shape index (κ3) is 6.80. The van der Waals surface area contributed by atoms with Crippen LogP contribution in [0.15, 0.2) is 18.2 Å². The van der Waals surface area contributed by atoms with E-state index in [0.717, 1.165) is 51.3 Å². The molecule has 3 nitrogen and oxygen atoms in total. The van der Waals surface area contributed by atoms with Crippen molar-refractivity contribution in [3.63, 3.8) is 0 Å². The van der Waals surface area contributed by atoms with Gasteiger partial charge in [-0.2, -0.15) is 0 Å². The van der Waals surface area contributed by atoms with Crippen molar-refractivity contribution < 1.29 is 9.47 Å². The number of hydrogen-bond acceptors (Lipinski definition) is 3. The van der Waals surface area contributed by atoms with E-state index in [1.807, 2.05) is 0 Å². The van der Waals surface area contributed by atoms with Gasteiger partial charge in [0.05, 0.1) is 6.61 Å². The highest BCUT2D eigenvalue weighted by molar-refractivity contribution is 5.44. The van der Waals surface area contributed by atoms with E-state index in [0.29, 0.717) is 0 Å². The third-order valence-electron chi connectivity index (χ3n) is 3.72. The lowest BCUT2D eigenvalue weighted by molar-refractivity contribution is 0.194. The number of benzene rings is 1. The van der Waals surface area contributed by atoms with Gasteiger partial charge in [0, 0.05) is 13.7 Å². The number of methoxy groups -OCH3 is 1. The molecule has 1 N–H and O–H groups in total. The van der Waals surface area contributed by atoms with Crippen LogP contribution in [0.2, 0.25) is 0 Å². The molecule has 1 aromatic rings. The first kappa shape index (κ1) is 19.0.